The maximum atomic E-state index is 12.4. The molecular formula is C19H20N4O4S. The van der Waals surface area contributed by atoms with Crippen LogP contribution in [0.15, 0.2) is 47.4 Å². The number of rotatable bonds is 8. The van der Waals surface area contributed by atoms with Gasteiger partial charge in [-0.05, 0) is 43.2 Å². The highest BCUT2D eigenvalue weighted by atomic mass is 32.2. The van der Waals surface area contributed by atoms with Crippen molar-refractivity contribution in [2.24, 2.45) is 0 Å². The number of carbonyl (C=O) groups is 1. The quantitative estimate of drug-likeness (QED) is 0.624. The van der Waals surface area contributed by atoms with Gasteiger partial charge in [-0.25, -0.2) is 13.1 Å². The highest BCUT2D eigenvalue weighted by Crippen LogP contribution is 2.29. The molecule has 0 heterocycles. The van der Waals surface area contributed by atoms with Crippen molar-refractivity contribution in [3.8, 4) is 11.8 Å². The lowest BCUT2D eigenvalue weighted by molar-refractivity contribution is -0.114. The van der Waals surface area contributed by atoms with Crippen molar-refractivity contribution < 1.29 is 17.9 Å². The minimum Gasteiger partial charge on any atom is -0.495 e. The second kappa shape index (κ2) is 8.29. The van der Waals surface area contributed by atoms with Crippen LogP contribution in [0.25, 0.3) is 0 Å². The van der Waals surface area contributed by atoms with Crippen LogP contribution < -0.4 is 20.1 Å². The summed E-state index contributed by atoms with van der Waals surface area (Å²) >= 11 is 0. The van der Waals surface area contributed by atoms with Gasteiger partial charge in [-0.1, -0.05) is 12.1 Å². The van der Waals surface area contributed by atoms with E-state index < -0.39 is 10.0 Å². The number of nitrogens with one attached hydrogen (secondary N) is 3. The number of nitriles is 1. The molecule has 0 aromatic heterocycles. The number of methoxy groups -OCH3 is 1. The van der Waals surface area contributed by atoms with Crippen molar-refractivity contribution in [3.63, 3.8) is 0 Å². The number of nitrogens with zero attached hydrogens (tertiary/aromatic N) is 1. The van der Waals surface area contributed by atoms with Gasteiger partial charge in [0.2, 0.25) is 15.9 Å². The zero-order chi connectivity index (χ0) is 20.1. The van der Waals surface area contributed by atoms with Gasteiger partial charge in [0.05, 0.1) is 35.5 Å². The molecule has 1 amide bonds. The Morgan fingerprint density at radius 1 is 1.21 bits per heavy atom. The number of amides is 1. The standard InChI is InChI=1S/C19H20N4O4S/c1-27-18-9-8-15(28(25,26)23-14-6-7-14)10-17(18)21-12-19(24)22-16-5-3-2-4-13(16)11-20/h2-5,8-10,14,21,23H,6-7,12H2,1H3,(H,22,24). The van der Waals surface area contributed by atoms with Gasteiger partial charge in [-0.15, -0.1) is 0 Å². The summed E-state index contributed by atoms with van der Waals surface area (Å²) in [5.74, 6) is 0.0321. The van der Waals surface area contributed by atoms with Gasteiger partial charge >= 0.3 is 0 Å². The zero-order valence-corrected chi connectivity index (χ0v) is 16.0. The molecule has 1 aliphatic carbocycles. The van der Waals surface area contributed by atoms with Crippen LogP contribution in [-0.4, -0.2) is 34.0 Å². The molecule has 0 atom stereocenters. The predicted octanol–water partition coefficient (Wildman–Crippen LogP) is 2.06. The minimum atomic E-state index is -3.62. The first-order valence-corrected chi connectivity index (χ1v) is 10.1. The average Bonchev–Trinajstić information content (AvgIpc) is 3.49. The second-order valence-corrected chi connectivity index (χ2v) is 8.03. The van der Waals surface area contributed by atoms with Gasteiger partial charge in [0, 0.05) is 6.04 Å². The molecule has 28 heavy (non-hydrogen) atoms. The normalized spacial score (nSPS) is 13.4. The van der Waals surface area contributed by atoms with Crippen LogP contribution in [0.4, 0.5) is 11.4 Å². The van der Waals surface area contributed by atoms with Crippen LogP contribution in [0.2, 0.25) is 0 Å². The molecule has 1 aliphatic rings. The van der Waals surface area contributed by atoms with Gasteiger partial charge in [-0.3, -0.25) is 4.79 Å². The second-order valence-electron chi connectivity index (χ2n) is 6.32. The van der Waals surface area contributed by atoms with E-state index in [1.807, 2.05) is 6.07 Å². The van der Waals surface area contributed by atoms with Gasteiger partial charge < -0.3 is 15.4 Å². The van der Waals surface area contributed by atoms with Crippen LogP contribution in [0.5, 0.6) is 5.75 Å². The Balaban J connectivity index is 1.71. The first-order chi connectivity index (χ1) is 13.4. The lowest BCUT2D eigenvalue weighted by atomic mass is 10.2. The molecule has 0 aliphatic heterocycles. The first-order valence-electron chi connectivity index (χ1n) is 8.66. The van der Waals surface area contributed by atoms with Crippen molar-refractivity contribution in [1.82, 2.24) is 4.72 Å². The van der Waals surface area contributed by atoms with E-state index in [1.54, 1.807) is 24.3 Å². The van der Waals surface area contributed by atoms with E-state index in [1.165, 1.54) is 25.3 Å². The number of carbonyl (C=O) groups excluding carboxylic acids is 1. The monoisotopic (exact) mass is 400 g/mol. The molecule has 146 valence electrons. The van der Waals surface area contributed by atoms with Crippen LogP contribution in [0.1, 0.15) is 18.4 Å². The summed E-state index contributed by atoms with van der Waals surface area (Å²) in [6, 6.07) is 13.1. The molecule has 0 saturated heterocycles. The van der Waals surface area contributed by atoms with Gasteiger partial charge in [0.1, 0.15) is 11.8 Å². The number of para-hydroxylation sites is 1. The largest absolute Gasteiger partial charge is 0.495 e. The Labute approximate surface area is 163 Å². The molecule has 2 aromatic carbocycles. The molecular weight excluding hydrogens is 380 g/mol. The molecule has 0 spiro atoms. The summed E-state index contributed by atoms with van der Waals surface area (Å²) in [4.78, 5) is 12.3. The average molecular weight is 400 g/mol. The highest BCUT2D eigenvalue weighted by molar-refractivity contribution is 7.89. The minimum absolute atomic E-state index is 0.00510. The van der Waals surface area contributed by atoms with E-state index in [-0.39, 0.29) is 23.4 Å². The lowest BCUT2D eigenvalue weighted by Crippen LogP contribution is -2.26. The van der Waals surface area contributed by atoms with E-state index in [0.717, 1.165) is 12.8 Å². The maximum Gasteiger partial charge on any atom is 0.243 e. The summed E-state index contributed by atoms with van der Waals surface area (Å²) in [5, 5.41) is 14.6. The number of sulfonamides is 1. The van der Waals surface area contributed by atoms with Gasteiger partial charge in [0.25, 0.3) is 0 Å². The number of hydrogen-bond donors (Lipinski definition) is 3. The van der Waals surface area contributed by atoms with Crippen LogP contribution in [0.3, 0.4) is 0 Å². The van der Waals surface area contributed by atoms with E-state index in [9.17, 15) is 13.2 Å². The molecule has 1 saturated carbocycles. The van der Waals surface area contributed by atoms with Crippen LogP contribution in [-0.2, 0) is 14.8 Å². The molecule has 0 unspecified atom stereocenters. The van der Waals surface area contributed by atoms with E-state index in [0.29, 0.717) is 22.7 Å². The summed E-state index contributed by atoms with van der Waals surface area (Å²) in [5.41, 5.74) is 1.14. The third kappa shape index (κ3) is 4.79. The number of anilines is 2. The molecule has 2 aromatic rings. The van der Waals surface area contributed by atoms with Crippen molar-refractivity contribution in [2.75, 3.05) is 24.3 Å². The van der Waals surface area contributed by atoms with E-state index in [4.69, 9.17) is 10.00 Å². The molecule has 1 fully saturated rings. The van der Waals surface area contributed by atoms with Crippen molar-refractivity contribution in [1.29, 1.82) is 5.26 Å². The molecule has 9 heteroatoms. The third-order valence-corrected chi connectivity index (χ3v) is 5.66. The Kier molecular flexibility index (Phi) is 5.82. The zero-order valence-electron chi connectivity index (χ0n) is 15.2. The smallest absolute Gasteiger partial charge is 0.243 e. The fourth-order valence-corrected chi connectivity index (χ4v) is 3.87. The molecule has 3 N–H and O–H groups in total. The van der Waals surface area contributed by atoms with Crippen molar-refractivity contribution in [3.05, 3.63) is 48.0 Å². The lowest BCUT2D eigenvalue weighted by Gasteiger charge is -2.14. The van der Waals surface area contributed by atoms with Gasteiger partial charge in [0.15, 0.2) is 0 Å². The summed E-state index contributed by atoms with van der Waals surface area (Å²) in [6.45, 7) is -0.129. The third-order valence-electron chi connectivity index (χ3n) is 4.14. The van der Waals surface area contributed by atoms with E-state index in [2.05, 4.69) is 15.4 Å². The number of hydrogen-bond acceptors (Lipinski definition) is 6. The Bertz CT molecular complexity index is 1030. The van der Waals surface area contributed by atoms with Crippen molar-refractivity contribution in [2.45, 2.75) is 23.8 Å². The number of ether oxygens (including phenoxy) is 1. The summed E-state index contributed by atoms with van der Waals surface area (Å²) in [7, 11) is -2.16. The highest BCUT2D eigenvalue weighted by Gasteiger charge is 2.28. The summed E-state index contributed by atoms with van der Waals surface area (Å²) in [6.07, 6.45) is 1.68. The topological polar surface area (TPSA) is 120 Å². The Morgan fingerprint density at radius 2 is 1.96 bits per heavy atom. The van der Waals surface area contributed by atoms with Crippen LogP contribution >= 0.6 is 0 Å². The molecule has 8 nitrogen and oxygen atoms in total. The molecule has 3 rings (SSSR count). The fourth-order valence-electron chi connectivity index (χ4n) is 2.54. The molecule has 0 bridgehead atoms. The Morgan fingerprint density at radius 3 is 2.64 bits per heavy atom. The maximum absolute atomic E-state index is 12.4. The number of benzene rings is 2. The Hall–Kier alpha value is -3.09. The first kappa shape index (κ1) is 19.7. The SMILES string of the molecule is COc1ccc(S(=O)(=O)NC2CC2)cc1NCC(=O)Nc1ccccc1C#N. The fraction of sp³-hybridized carbons (Fsp3) is 0.263. The molecule has 0 radical (unpaired) electrons. The summed E-state index contributed by atoms with van der Waals surface area (Å²) < 4.78 is 32.6. The van der Waals surface area contributed by atoms with Gasteiger partial charge in [-0.2, -0.15) is 5.26 Å². The van der Waals surface area contributed by atoms with Crippen LogP contribution in [0, 0.1) is 11.3 Å². The predicted molar refractivity (Wildman–Crippen MR) is 105 cm³/mol. The van der Waals surface area contributed by atoms with Crippen molar-refractivity contribution >= 4 is 27.3 Å². The van der Waals surface area contributed by atoms with E-state index >= 15 is 0 Å².